The van der Waals surface area contributed by atoms with Gasteiger partial charge in [-0.05, 0) is 5.30 Å². The molecule has 2 rings (SSSR count). The van der Waals surface area contributed by atoms with E-state index in [1.165, 1.54) is 0 Å². The van der Waals surface area contributed by atoms with Gasteiger partial charge in [-0.1, -0.05) is 13.8 Å². The Balaban J connectivity index is 0.000000364. The molecule has 21 heavy (non-hydrogen) atoms. The molecule has 0 amide bonds. The van der Waals surface area contributed by atoms with Crippen LogP contribution in [0.15, 0.2) is 24.3 Å². The van der Waals surface area contributed by atoms with E-state index in [-0.39, 0.29) is 17.1 Å². The third-order valence-corrected chi connectivity index (χ3v) is 4.48. The Morgan fingerprint density at radius 1 is 0.857 bits per heavy atom. The van der Waals surface area contributed by atoms with Gasteiger partial charge < -0.3 is 28.6 Å². The van der Waals surface area contributed by atoms with E-state index in [2.05, 4.69) is 0 Å². The summed E-state index contributed by atoms with van der Waals surface area (Å²) >= 11 is 0. The molecule has 0 radical (unpaired) electrons. The molecular formula is C14H16FeO4P2-6. The Morgan fingerprint density at radius 2 is 1.24 bits per heavy atom. The molecule has 0 aliphatic heterocycles. The minimum Gasteiger partial charge on any atom is -0.733 e. The zero-order valence-electron chi connectivity index (χ0n) is 12.2. The summed E-state index contributed by atoms with van der Waals surface area (Å²) in [5.41, 5.74) is 4.15. The molecule has 0 aliphatic carbocycles. The molecule has 4 nitrogen and oxygen atoms in total. The summed E-state index contributed by atoms with van der Waals surface area (Å²) in [4.78, 5) is 0. The van der Waals surface area contributed by atoms with Gasteiger partial charge in [0.15, 0.2) is 0 Å². The van der Waals surface area contributed by atoms with Crippen molar-refractivity contribution in [2.75, 3.05) is 0 Å². The normalized spacial score (nSPS) is 9.33. The van der Waals surface area contributed by atoms with Crippen molar-refractivity contribution >= 4 is 26.0 Å². The van der Waals surface area contributed by atoms with Gasteiger partial charge in [0.05, 0.1) is 0 Å². The molecule has 0 bridgehead atoms. The molecule has 0 saturated heterocycles. The van der Waals surface area contributed by atoms with Crippen LogP contribution >= 0.6 is 15.4 Å². The van der Waals surface area contributed by atoms with E-state index >= 15 is 0 Å². The Hall–Kier alpha value is -0.981. The molecule has 0 heterocycles. The van der Waals surface area contributed by atoms with Crippen LogP contribution in [0.2, 0.25) is 0 Å². The summed E-state index contributed by atoms with van der Waals surface area (Å²) in [7, 11) is -4.78. The minimum atomic E-state index is -2.39. The van der Waals surface area contributed by atoms with Crippen molar-refractivity contribution in [1.82, 2.24) is 0 Å². The van der Waals surface area contributed by atoms with E-state index in [9.17, 15) is 18.3 Å². The first-order chi connectivity index (χ1) is 9.22. The maximum atomic E-state index is 10.4. The predicted molar refractivity (Wildman–Crippen MR) is 78.9 cm³/mol. The number of hydrogen-bond donors (Lipinski definition) is 0. The van der Waals surface area contributed by atoms with E-state index in [1.807, 2.05) is 27.7 Å². The Morgan fingerprint density at radius 3 is 1.43 bits per heavy atom. The molecule has 120 valence electrons. The van der Waals surface area contributed by atoms with Gasteiger partial charge in [0.25, 0.3) is 7.68 Å². The fourth-order valence-corrected chi connectivity index (χ4v) is 2.83. The second kappa shape index (κ2) is 8.46. The first-order valence-electron chi connectivity index (χ1n) is 5.99. The van der Waals surface area contributed by atoms with Crippen LogP contribution in [0, 0.1) is 27.7 Å². The third-order valence-electron chi connectivity index (χ3n) is 3.12. The maximum Gasteiger partial charge on any atom is 0.291 e. The van der Waals surface area contributed by atoms with Crippen LogP contribution in [0.4, 0.5) is 0 Å². The average molecular weight is 366 g/mol. The van der Waals surface area contributed by atoms with Crippen LogP contribution in [0.5, 0.6) is 0 Å². The van der Waals surface area contributed by atoms with Crippen LogP contribution < -0.4 is 10.6 Å². The summed E-state index contributed by atoms with van der Waals surface area (Å²) in [6.45, 7) is 7.60. The monoisotopic (exact) mass is 366 g/mol. The predicted octanol–water partition coefficient (Wildman–Crippen LogP) is 3.64. The first kappa shape index (κ1) is 20.0. The van der Waals surface area contributed by atoms with E-state index in [1.54, 1.807) is 24.3 Å². The summed E-state index contributed by atoms with van der Waals surface area (Å²) < 4.78 is 41.6. The Kier molecular flexibility index (Phi) is 8.06. The molecule has 0 aromatic heterocycles. The molecule has 0 atom stereocenters. The van der Waals surface area contributed by atoms with Crippen LogP contribution in [-0.2, 0) is 35.3 Å². The second-order valence-electron chi connectivity index (χ2n) is 4.67. The van der Waals surface area contributed by atoms with Crippen molar-refractivity contribution < 1.29 is 35.3 Å². The smallest absolute Gasteiger partial charge is 0.291 e. The molecule has 0 N–H and O–H groups in total. The summed E-state index contributed by atoms with van der Waals surface area (Å²) in [6.07, 6.45) is 0. The zero-order chi connectivity index (χ0) is 15.4. The fourth-order valence-electron chi connectivity index (χ4n) is 1.64. The molecule has 2 aromatic carbocycles. The van der Waals surface area contributed by atoms with Crippen LogP contribution in [0.3, 0.4) is 0 Å². The van der Waals surface area contributed by atoms with E-state index in [0.717, 1.165) is 22.3 Å². The van der Waals surface area contributed by atoms with Crippen LogP contribution in [0.1, 0.15) is 22.3 Å². The van der Waals surface area contributed by atoms with Gasteiger partial charge in [0.2, 0.25) is 0 Å². The fraction of sp³-hybridized carbons (Fsp3) is 0.286. The van der Waals surface area contributed by atoms with Gasteiger partial charge in [-0.2, -0.15) is 23.3 Å². The van der Waals surface area contributed by atoms with E-state index < -0.39 is 15.4 Å². The quantitative estimate of drug-likeness (QED) is 0.462. The Bertz CT molecular complexity index is 630. The van der Waals surface area contributed by atoms with Crippen molar-refractivity contribution in [2.45, 2.75) is 27.7 Å². The number of hydrogen-bond acceptors (Lipinski definition) is 4. The standard InChI is InChI=1S/2C7H8O2P.Fe/c2*1-5-3-7(10(8)9)4-6(5)2;/h2*3-4H,1-2H3;/q-5;-1;. The third kappa shape index (κ3) is 5.73. The molecule has 0 spiro atoms. The van der Waals surface area contributed by atoms with Crippen molar-refractivity contribution in [3.05, 3.63) is 46.5 Å². The van der Waals surface area contributed by atoms with Crippen LogP contribution in [-0.4, -0.2) is 0 Å². The molecule has 0 aliphatic rings. The zero-order valence-corrected chi connectivity index (χ0v) is 15.1. The molecule has 2 aromatic rings. The second-order valence-corrected chi connectivity index (χ2v) is 6.73. The van der Waals surface area contributed by atoms with Gasteiger partial charge in [-0.15, -0.1) is 0 Å². The topological polar surface area (TPSA) is 68.3 Å². The van der Waals surface area contributed by atoms with Gasteiger partial charge in [0.1, 0.15) is 7.68 Å². The first-order valence-corrected chi connectivity index (χ1v) is 8.34. The van der Waals surface area contributed by atoms with Crippen molar-refractivity contribution in [2.24, 2.45) is 0 Å². The summed E-state index contributed by atoms with van der Waals surface area (Å²) in [6, 6.07) is 6.73. The van der Waals surface area contributed by atoms with Gasteiger partial charge in [0, 0.05) is 17.1 Å². The number of aryl methyl sites for hydroxylation is 4. The van der Waals surface area contributed by atoms with Crippen LogP contribution in [0.25, 0.3) is 0 Å². The maximum absolute atomic E-state index is 10.4. The van der Waals surface area contributed by atoms with Gasteiger partial charge in [-0.3, -0.25) is 9.13 Å². The Labute approximate surface area is 135 Å². The van der Waals surface area contributed by atoms with E-state index in [4.69, 9.17) is 0 Å². The van der Waals surface area contributed by atoms with Gasteiger partial charge >= 0.3 is 0 Å². The molecule has 0 saturated carbocycles. The summed E-state index contributed by atoms with van der Waals surface area (Å²) in [5.74, 6) is 0. The minimum absolute atomic E-state index is 0. The average Bonchev–Trinajstić information content (AvgIpc) is 2.85. The summed E-state index contributed by atoms with van der Waals surface area (Å²) in [5, 5.41) is 0.843. The van der Waals surface area contributed by atoms with E-state index in [0.29, 0.717) is 10.6 Å². The molecule has 0 fully saturated rings. The van der Waals surface area contributed by atoms with Crippen molar-refractivity contribution in [1.29, 1.82) is 0 Å². The molecule has 7 heteroatoms. The molecular weight excluding hydrogens is 350 g/mol. The van der Waals surface area contributed by atoms with Crippen molar-refractivity contribution in [3.8, 4) is 0 Å². The van der Waals surface area contributed by atoms with Gasteiger partial charge in [-0.25, -0.2) is 23.0 Å². The van der Waals surface area contributed by atoms with Crippen molar-refractivity contribution in [3.63, 3.8) is 0 Å². The SMILES string of the molecule is C[c-]1[cH-][c-](P(=O)=O)[cH-][c-]1C.Cc1c[c-](P(=O)=O)cc1C.[Fe]. The number of rotatable bonds is 2. The largest absolute Gasteiger partial charge is 0.733 e. The molecule has 0 unspecified atom stereocenters.